The van der Waals surface area contributed by atoms with Crippen LogP contribution in [0.4, 0.5) is 0 Å². The maximum atomic E-state index is 12.4. The average Bonchev–Trinajstić information content (AvgIpc) is 3.29. The first-order chi connectivity index (χ1) is 15.1. The van der Waals surface area contributed by atoms with E-state index in [-0.39, 0.29) is 5.91 Å². The molecule has 3 rings (SSSR count). The third kappa shape index (κ3) is 7.17. The highest BCUT2D eigenvalue weighted by Crippen LogP contribution is 2.25. The van der Waals surface area contributed by atoms with Crippen LogP contribution < -0.4 is 14.8 Å². The lowest BCUT2D eigenvalue weighted by Crippen LogP contribution is -2.37. The monoisotopic (exact) mass is 426 g/mol. The fourth-order valence-corrected chi connectivity index (χ4v) is 4.16. The van der Waals surface area contributed by atoms with Crippen molar-refractivity contribution in [2.75, 3.05) is 33.9 Å². The van der Waals surface area contributed by atoms with Gasteiger partial charge in [0.15, 0.2) is 0 Å². The second-order valence-corrected chi connectivity index (χ2v) is 8.24. The minimum Gasteiger partial charge on any atom is -0.497 e. The summed E-state index contributed by atoms with van der Waals surface area (Å²) in [5.41, 5.74) is 2.24. The number of amides is 1. The number of nitrogens with one attached hydrogen (secondary N) is 1. The molecule has 6 nitrogen and oxygen atoms in total. The Balaban J connectivity index is 1.41. The second kappa shape index (κ2) is 11.6. The smallest absolute Gasteiger partial charge is 0.220 e. The highest BCUT2D eigenvalue weighted by molar-refractivity contribution is 5.75. The Morgan fingerprint density at radius 3 is 2.90 bits per heavy atom. The van der Waals surface area contributed by atoms with Gasteiger partial charge in [-0.3, -0.25) is 9.69 Å². The van der Waals surface area contributed by atoms with E-state index >= 15 is 0 Å². The average molecular weight is 427 g/mol. The van der Waals surface area contributed by atoms with E-state index in [1.807, 2.05) is 30.3 Å². The largest absolute Gasteiger partial charge is 0.497 e. The number of benzene rings is 1. The molecule has 0 bridgehead atoms. The normalized spacial score (nSPS) is 17.4. The molecule has 1 saturated heterocycles. The van der Waals surface area contributed by atoms with Gasteiger partial charge in [-0.15, -0.1) is 0 Å². The zero-order valence-corrected chi connectivity index (χ0v) is 18.9. The first kappa shape index (κ1) is 22.9. The summed E-state index contributed by atoms with van der Waals surface area (Å²) < 4.78 is 16.0. The highest BCUT2D eigenvalue weighted by Gasteiger charge is 2.21. The van der Waals surface area contributed by atoms with Crippen molar-refractivity contribution < 1.29 is 18.7 Å². The maximum absolute atomic E-state index is 12.4. The van der Waals surface area contributed by atoms with E-state index in [1.165, 1.54) is 18.4 Å². The Labute approximate surface area is 185 Å². The lowest BCUT2D eigenvalue weighted by Gasteiger charge is -2.33. The molecule has 1 aromatic carbocycles. The molecule has 31 heavy (non-hydrogen) atoms. The number of ether oxygens (including phenoxy) is 2. The number of methoxy groups -OCH3 is 2. The van der Waals surface area contributed by atoms with Crippen LogP contribution in [0.5, 0.6) is 11.5 Å². The second-order valence-electron chi connectivity index (χ2n) is 8.24. The van der Waals surface area contributed by atoms with Crippen LogP contribution in [0.3, 0.4) is 0 Å². The number of hydrogen-bond donors (Lipinski definition) is 1. The molecule has 1 unspecified atom stereocenters. The number of rotatable bonds is 10. The molecule has 1 aliphatic heterocycles. The van der Waals surface area contributed by atoms with Crippen molar-refractivity contribution in [3.8, 4) is 11.5 Å². The Morgan fingerprint density at radius 1 is 1.29 bits per heavy atom. The zero-order valence-electron chi connectivity index (χ0n) is 18.9. The summed E-state index contributed by atoms with van der Waals surface area (Å²) in [5.74, 6) is 3.01. The lowest BCUT2D eigenvalue weighted by atomic mass is 9.93. The molecule has 1 amide bonds. The lowest BCUT2D eigenvalue weighted by molar-refractivity contribution is -0.121. The van der Waals surface area contributed by atoms with E-state index in [9.17, 15) is 4.79 Å². The zero-order chi connectivity index (χ0) is 22.1. The third-order valence-corrected chi connectivity index (χ3v) is 5.76. The van der Waals surface area contributed by atoms with Crippen LogP contribution in [0.1, 0.15) is 43.9 Å². The van der Waals surface area contributed by atoms with Crippen LogP contribution >= 0.6 is 0 Å². The quantitative estimate of drug-likeness (QED) is 0.606. The summed E-state index contributed by atoms with van der Waals surface area (Å²) in [5, 5.41) is 3.03. The predicted octanol–water partition coefficient (Wildman–Crippen LogP) is 4.51. The fraction of sp³-hybridized carbons (Fsp3) is 0.480. The van der Waals surface area contributed by atoms with E-state index in [0.717, 1.165) is 48.9 Å². The Morgan fingerprint density at radius 2 is 2.16 bits per heavy atom. The number of likely N-dealkylation sites (tertiary alicyclic amines) is 1. The van der Waals surface area contributed by atoms with Crippen molar-refractivity contribution in [1.82, 2.24) is 10.2 Å². The first-order valence-electron chi connectivity index (χ1n) is 11.0. The Hall–Kier alpha value is -2.73. The molecule has 0 saturated carbocycles. The van der Waals surface area contributed by atoms with Gasteiger partial charge in [0.1, 0.15) is 17.3 Å². The molecule has 6 heteroatoms. The first-order valence-corrected chi connectivity index (χ1v) is 11.0. The highest BCUT2D eigenvalue weighted by atomic mass is 16.5. The molecule has 1 atom stereocenters. The minimum atomic E-state index is 0.0869. The van der Waals surface area contributed by atoms with E-state index in [4.69, 9.17) is 13.9 Å². The van der Waals surface area contributed by atoms with Gasteiger partial charge in [-0.25, -0.2) is 0 Å². The molecule has 0 radical (unpaired) electrons. The van der Waals surface area contributed by atoms with Gasteiger partial charge in [0.25, 0.3) is 0 Å². The van der Waals surface area contributed by atoms with Crippen molar-refractivity contribution in [1.29, 1.82) is 0 Å². The van der Waals surface area contributed by atoms with Gasteiger partial charge in [0, 0.05) is 37.7 Å². The van der Waals surface area contributed by atoms with Crippen LogP contribution in [0.2, 0.25) is 0 Å². The number of hydrogen-bond acceptors (Lipinski definition) is 5. The van der Waals surface area contributed by atoms with E-state index in [0.29, 0.717) is 18.9 Å². The van der Waals surface area contributed by atoms with Crippen LogP contribution in [-0.2, 0) is 11.3 Å². The fourth-order valence-electron chi connectivity index (χ4n) is 4.16. The minimum absolute atomic E-state index is 0.0869. The summed E-state index contributed by atoms with van der Waals surface area (Å²) in [7, 11) is 3.25. The van der Waals surface area contributed by atoms with Crippen molar-refractivity contribution in [2.24, 2.45) is 5.92 Å². The molecule has 1 aromatic heterocycles. The summed E-state index contributed by atoms with van der Waals surface area (Å²) in [6.45, 7) is 5.71. The van der Waals surface area contributed by atoms with Crippen molar-refractivity contribution in [3.63, 3.8) is 0 Å². The molecular formula is C25H34N2O4. The maximum Gasteiger partial charge on any atom is 0.220 e. The van der Waals surface area contributed by atoms with Gasteiger partial charge in [0.05, 0.1) is 20.5 Å². The number of carbonyl (C=O) groups is 1. The van der Waals surface area contributed by atoms with Crippen molar-refractivity contribution in [3.05, 3.63) is 53.5 Å². The van der Waals surface area contributed by atoms with Crippen molar-refractivity contribution >= 4 is 12.0 Å². The molecule has 1 N–H and O–H groups in total. The number of piperidine rings is 1. The Bertz CT molecular complexity index is 860. The molecule has 0 aliphatic carbocycles. The van der Waals surface area contributed by atoms with Gasteiger partial charge in [0.2, 0.25) is 5.91 Å². The number of nitrogens with zero attached hydrogens (tertiary/aromatic N) is 1. The van der Waals surface area contributed by atoms with Crippen molar-refractivity contribution in [2.45, 2.75) is 39.2 Å². The van der Waals surface area contributed by atoms with Crippen LogP contribution in [0.25, 0.3) is 6.08 Å². The van der Waals surface area contributed by atoms with Crippen LogP contribution in [0.15, 0.2) is 46.6 Å². The molecular weight excluding hydrogens is 392 g/mol. The van der Waals surface area contributed by atoms with E-state index < -0.39 is 0 Å². The summed E-state index contributed by atoms with van der Waals surface area (Å²) in [6, 6.07) is 9.52. The van der Waals surface area contributed by atoms with Crippen LogP contribution in [-0.4, -0.2) is 44.7 Å². The molecule has 2 aromatic rings. The Kier molecular flexibility index (Phi) is 8.59. The van der Waals surface area contributed by atoms with Crippen LogP contribution in [0, 0.1) is 5.92 Å². The van der Waals surface area contributed by atoms with Gasteiger partial charge >= 0.3 is 0 Å². The summed E-state index contributed by atoms with van der Waals surface area (Å²) in [4.78, 5) is 14.9. The molecule has 1 aliphatic rings. The molecule has 0 spiro atoms. The van der Waals surface area contributed by atoms with Gasteiger partial charge in [-0.2, -0.15) is 0 Å². The predicted molar refractivity (Wildman–Crippen MR) is 122 cm³/mol. The summed E-state index contributed by atoms with van der Waals surface area (Å²) in [6.07, 6.45) is 7.65. The molecule has 2 heterocycles. The SMILES string of the molecule is COc1ccc(CNC(=O)CCC2CCCN(CC(C)=Cc3ccco3)C2)c(OC)c1. The van der Waals surface area contributed by atoms with Gasteiger partial charge in [-0.05, 0) is 69.0 Å². The number of furan rings is 1. The summed E-state index contributed by atoms with van der Waals surface area (Å²) >= 11 is 0. The molecule has 168 valence electrons. The van der Waals surface area contributed by atoms with E-state index in [2.05, 4.69) is 23.2 Å². The number of carbonyl (C=O) groups excluding carboxylic acids is 1. The standard InChI is InChI=1S/C25H34N2O4/c1-19(14-23-7-5-13-31-23)17-27-12-4-6-20(18-27)8-11-25(28)26-16-21-9-10-22(29-2)15-24(21)30-3/h5,7,9-10,13-15,20H,4,6,8,11-12,16-18H2,1-3H3,(H,26,28). The topological polar surface area (TPSA) is 63.9 Å². The van der Waals surface area contributed by atoms with E-state index in [1.54, 1.807) is 20.5 Å². The molecule has 1 fully saturated rings. The van der Waals surface area contributed by atoms with Gasteiger partial charge < -0.3 is 19.2 Å². The third-order valence-electron chi connectivity index (χ3n) is 5.76. The van der Waals surface area contributed by atoms with Gasteiger partial charge in [-0.1, -0.05) is 5.57 Å².